The number of ketones is 1. The van der Waals surface area contributed by atoms with Gasteiger partial charge >= 0.3 is 0 Å². The molecule has 1 amide bonds. The SMILES string of the molecule is CNC(=O)c1c(-c2ccc(F)cc2)oc2c1cc(-c1cccc(C(=O)CCC(C)(C)C)c1)c1[nH]ccc12. The summed E-state index contributed by atoms with van der Waals surface area (Å²) >= 11 is 0. The fourth-order valence-corrected chi connectivity index (χ4v) is 4.66. The Labute approximate surface area is 214 Å². The monoisotopic (exact) mass is 496 g/mol. The Morgan fingerprint density at radius 2 is 1.73 bits per heavy atom. The molecule has 0 atom stereocenters. The number of carbonyl (C=O) groups is 2. The first-order valence-corrected chi connectivity index (χ1v) is 12.3. The van der Waals surface area contributed by atoms with Crippen molar-refractivity contribution in [2.45, 2.75) is 33.6 Å². The number of carbonyl (C=O) groups excluding carboxylic acids is 2. The first kappa shape index (κ1) is 24.5. The van der Waals surface area contributed by atoms with Crippen LogP contribution in [0.25, 0.3) is 44.3 Å². The summed E-state index contributed by atoms with van der Waals surface area (Å²) < 4.78 is 19.9. The molecule has 6 heteroatoms. The Bertz CT molecular complexity index is 1640. The largest absolute Gasteiger partial charge is 0.454 e. The van der Waals surface area contributed by atoms with Gasteiger partial charge in [0, 0.05) is 47.1 Å². The molecule has 3 aromatic carbocycles. The number of aromatic nitrogens is 1. The average molecular weight is 497 g/mol. The molecule has 0 unspecified atom stereocenters. The molecule has 5 rings (SSSR count). The molecule has 0 saturated heterocycles. The smallest absolute Gasteiger partial charge is 0.255 e. The zero-order valence-electron chi connectivity index (χ0n) is 21.4. The van der Waals surface area contributed by atoms with E-state index in [4.69, 9.17) is 4.42 Å². The second kappa shape index (κ2) is 9.36. The van der Waals surface area contributed by atoms with Gasteiger partial charge in [0.05, 0.1) is 11.1 Å². The summed E-state index contributed by atoms with van der Waals surface area (Å²) in [6.07, 6.45) is 3.11. The molecule has 0 aliphatic carbocycles. The number of halogens is 1. The molecule has 188 valence electrons. The highest BCUT2D eigenvalue weighted by atomic mass is 19.1. The van der Waals surface area contributed by atoms with Crippen LogP contribution in [0.3, 0.4) is 0 Å². The molecule has 0 radical (unpaired) electrons. The van der Waals surface area contributed by atoms with Crippen molar-refractivity contribution in [3.05, 3.63) is 83.8 Å². The number of nitrogens with one attached hydrogen (secondary N) is 2. The maximum absolute atomic E-state index is 13.6. The van der Waals surface area contributed by atoms with E-state index in [1.54, 1.807) is 19.2 Å². The molecule has 0 saturated carbocycles. The zero-order valence-corrected chi connectivity index (χ0v) is 21.4. The van der Waals surface area contributed by atoms with Crippen LogP contribution in [-0.4, -0.2) is 23.7 Å². The van der Waals surface area contributed by atoms with Gasteiger partial charge in [0.1, 0.15) is 17.2 Å². The molecule has 0 spiro atoms. The minimum atomic E-state index is -0.367. The molecular formula is C31H29FN2O3. The van der Waals surface area contributed by atoms with Crippen molar-refractivity contribution < 1.29 is 18.4 Å². The first-order chi connectivity index (χ1) is 17.7. The van der Waals surface area contributed by atoms with Crippen molar-refractivity contribution in [2.24, 2.45) is 5.41 Å². The lowest BCUT2D eigenvalue weighted by Crippen LogP contribution is -2.18. The maximum atomic E-state index is 13.6. The highest BCUT2D eigenvalue weighted by molar-refractivity contribution is 6.19. The third-order valence-corrected chi connectivity index (χ3v) is 6.65. The fourth-order valence-electron chi connectivity index (χ4n) is 4.66. The quantitative estimate of drug-likeness (QED) is 0.236. The lowest BCUT2D eigenvalue weighted by Gasteiger charge is -2.17. The summed E-state index contributed by atoms with van der Waals surface area (Å²) in [5, 5.41) is 4.17. The molecule has 0 aliphatic rings. The summed E-state index contributed by atoms with van der Waals surface area (Å²) in [5.74, 6) is -0.188. The summed E-state index contributed by atoms with van der Waals surface area (Å²) in [6, 6.07) is 17.3. The molecule has 37 heavy (non-hydrogen) atoms. The minimum Gasteiger partial charge on any atom is -0.454 e. The van der Waals surface area contributed by atoms with Gasteiger partial charge in [0.25, 0.3) is 5.91 Å². The van der Waals surface area contributed by atoms with E-state index in [1.807, 2.05) is 42.6 Å². The fraction of sp³-hybridized carbons (Fsp3) is 0.226. The minimum absolute atomic E-state index is 0.0779. The second-order valence-corrected chi connectivity index (χ2v) is 10.5. The van der Waals surface area contributed by atoms with Crippen LogP contribution < -0.4 is 5.32 Å². The predicted octanol–water partition coefficient (Wildman–Crippen LogP) is 7.76. The average Bonchev–Trinajstić information content (AvgIpc) is 3.51. The van der Waals surface area contributed by atoms with Gasteiger partial charge in [0.2, 0.25) is 0 Å². The number of amides is 1. The number of hydrogen-bond donors (Lipinski definition) is 2. The molecule has 2 heterocycles. The topological polar surface area (TPSA) is 75.1 Å². The van der Waals surface area contributed by atoms with E-state index in [9.17, 15) is 14.0 Å². The Balaban J connectivity index is 1.69. The Morgan fingerprint density at radius 3 is 2.43 bits per heavy atom. The van der Waals surface area contributed by atoms with Crippen molar-refractivity contribution in [1.82, 2.24) is 10.3 Å². The highest BCUT2D eigenvalue weighted by Gasteiger charge is 2.25. The van der Waals surface area contributed by atoms with Gasteiger partial charge in [-0.3, -0.25) is 9.59 Å². The molecular weight excluding hydrogens is 467 g/mol. The molecule has 2 N–H and O–H groups in total. The van der Waals surface area contributed by atoms with Gasteiger partial charge in [-0.25, -0.2) is 4.39 Å². The lowest BCUT2D eigenvalue weighted by atomic mass is 9.88. The lowest BCUT2D eigenvalue weighted by molar-refractivity contribution is 0.0957. The number of fused-ring (bicyclic) bond motifs is 3. The molecule has 5 nitrogen and oxygen atoms in total. The van der Waals surface area contributed by atoms with E-state index in [0.29, 0.717) is 39.8 Å². The van der Waals surface area contributed by atoms with E-state index in [2.05, 4.69) is 31.1 Å². The van der Waals surface area contributed by atoms with Gasteiger partial charge in [-0.15, -0.1) is 0 Å². The van der Waals surface area contributed by atoms with Crippen LogP contribution in [0.15, 0.2) is 71.3 Å². The van der Waals surface area contributed by atoms with Crippen LogP contribution in [0.2, 0.25) is 0 Å². The van der Waals surface area contributed by atoms with Crippen LogP contribution in [0, 0.1) is 11.2 Å². The number of H-pyrrole nitrogens is 1. The highest BCUT2D eigenvalue weighted by Crippen LogP contribution is 2.41. The van der Waals surface area contributed by atoms with Gasteiger partial charge in [0.15, 0.2) is 5.78 Å². The van der Waals surface area contributed by atoms with Gasteiger partial charge in [-0.1, -0.05) is 39.0 Å². The van der Waals surface area contributed by atoms with E-state index in [1.165, 1.54) is 12.1 Å². The van der Waals surface area contributed by atoms with E-state index < -0.39 is 0 Å². The Kier molecular flexibility index (Phi) is 6.20. The molecule has 0 bridgehead atoms. The van der Waals surface area contributed by atoms with Crippen LogP contribution in [0.4, 0.5) is 4.39 Å². The van der Waals surface area contributed by atoms with E-state index in [-0.39, 0.29) is 22.9 Å². The van der Waals surface area contributed by atoms with Crippen LogP contribution in [0.1, 0.15) is 54.3 Å². The second-order valence-electron chi connectivity index (χ2n) is 10.5. The zero-order chi connectivity index (χ0) is 26.3. The van der Waals surface area contributed by atoms with E-state index in [0.717, 1.165) is 28.5 Å². The van der Waals surface area contributed by atoms with Gasteiger partial charge in [-0.05, 0) is 59.9 Å². The van der Waals surface area contributed by atoms with Gasteiger partial charge in [-0.2, -0.15) is 0 Å². The van der Waals surface area contributed by atoms with Crippen molar-refractivity contribution in [3.8, 4) is 22.5 Å². The van der Waals surface area contributed by atoms with Crippen LogP contribution in [0.5, 0.6) is 0 Å². The normalized spacial score (nSPS) is 11.8. The number of benzene rings is 3. The van der Waals surface area contributed by atoms with Crippen LogP contribution in [-0.2, 0) is 0 Å². The Hall–Kier alpha value is -4.19. The third kappa shape index (κ3) is 4.67. The van der Waals surface area contributed by atoms with Crippen molar-refractivity contribution in [1.29, 1.82) is 0 Å². The van der Waals surface area contributed by atoms with Crippen molar-refractivity contribution >= 4 is 33.6 Å². The summed E-state index contributed by atoms with van der Waals surface area (Å²) in [7, 11) is 1.57. The summed E-state index contributed by atoms with van der Waals surface area (Å²) in [4.78, 5) is 29.3. The molecule has 0 aliphatic heterocycles. The number of hydrogen-bond acceptors (Lipinski definition) is 3. The predicted molar refractivity (Wildman–Crippen MR) is 145 cm³/mol. The summed E-state index contributed by atoms with van der Waals surface area (Å²) in [5.41, 5.74) is 4.85. The molecule has 2 aromatic heterocycles. The maximum Gasteiger partial charge on any atom is 0.255 e. The molecule has 0 fully saturated rings. The van der Waals surface area contributed by atoms with Crippen LogP contribution >= 0.6 is 0 Å². The van der Waals surface area contributed by atoms with Crippen molar-refractivity contribution in [2.75, 3.05) is 7.05 Å². The Morgan fingerprint density at radius 1 is 0.973 bits per heavy atom. The summed E-state index contributed by atoms with van der Waals surface area (Å²) in [6.45, 7) is 6.38. The van der Waals surface area contributed by atoms with E-state index >= 15 is 0 Å². The standard InChI is InChI=1S/C31H29FN2O3/c1-31(2,3)14-12-25(35)20-7-5-6-19(16-20)23-17-24-26(30(36)33-4)28(18-8-10-21(32)11-9-18)37-29(24)22-13-15-34-27(22)23/h5-11,13,15-17,34H,12,14H2,1-4H3,(H,33,36). The first-order valence-electron chi connectivity index (χ1n) is 12.3. The van der Waals surface area contributed by atoms with Crippen molar-refractivity contribution in [3.63, 3.8) is 0 Å². The molecule has 5 aromatic rings. The van der Waals surface area contributed by atoms with Gasteiger partial charge < -0.3 is 14.7 Å². The number of rotatable bonds is 6. The number of Topliss-reactive ketones (excluding diaryl/α,β-unsaturated/α-hetero) is 1. The third-order valence-electron chi connectivity index (χ3n) is 6.65. The number of furan rings is 1. The number of aromatic amines is 1.